The van der Waals surface area contributed by atoms with Crippen LogP contribution >= 0.6 is 15.9 Å². The van der Waals surface area contributed by atoms with E-state index in [4.69, 9.17) is 10.00 Å². The van der Waals surface area contributed by atoms with Gasteiger partial charge in [-0.05, 0) is 30.7 Å². The van der Waals surface area contributed by atoms with Crippen LogP contribution in [0, 0.1) is 17.2 Å². The van der Waals surface area contributed by atoms with Crippen LogP contribution in [0.1, 0.15) is 19.4 Å². The minimum atomic E-state index is -0.305. The zero-order valence-corrected chi connectivity index (χ0v) is 13.9. The Labute approximate surface area is 133 Å². The molecule has 0 atom stereocenters. The highest BCUT2D eigenvalue weighted by Crippen LogP contribution is 2.23. The molecule has 2 N–H and O–H groups in total. The third-order valence-corrected chi connectivity index (χ3v) is 3.11. The van der Waals surface area contributed by atoms with E-state index in [0.717, 1.165) is 16.6 Å². The molecule has 1 aromatic rings. The molecule has 0 unspecified atom stereocenters. The van der Waals surface area contributed by atoms with Crippen molar-refractivity contribution in [2.75, 3.05) is 19.7 Å². The summed E-state index contributed by atoms with van der Waals surface area (Å²) in [6.45, 7) is 5.77. The molecule has 0 aromatic heterocycles. The Morgan fingerprint density at radius 2 is 2.24 bits per heavy atom. The second-order valence-electron chi connectivity index (χ2n) is 5.00. The van der Waals surface area contributed by atoms with Crippen molar-refractivity contribution in [2.24, 2.45) is 5.92 Å². The minimum Gasteiger partial charge on any atom is -0.483 e. The number of rotatable bonds is 8. The van der Waals surface area contributed by atoms with Gasteiger partial charge >= 0.3 is 0 Å². The quantitative estimate of drug-likeness (QED) is 0.702. The number of halogens is 1. The van der Waals surface area contributed by atoms with E-state index in [2.05, 4.69) is 40.4 Å². The number of ether oxygens (including phenoxy) is 1. The van der Waals surface area contributed by atoms with E-state index in [9.17, 15) is 4.79 Å². The van der Waals surface area contributed by atoms with E-state index < -0.39 is 0 Å². The molecule has 0 aliphatic rings. The van der Waals surface area contributed by atoms with E-state index in [1.54, 1.807) is 0 Å². The van der Waals surface area contributed by atoms with Gasteiger partial charge in [-0.3, -0.25) is 4.79 Å². The Balaban J connectivity index is 2.60. The predicted molar refractivity (Wildman–Crippen MR) is 84.8 cm³/mol. The van der Waals surface area contributed by atoms with Crippen molar-refractivity contribution < 1.29 is 9.53 Å². The SMILES string of the molecule is CC(C)CNCc1cc(Br)ccc1OCC(=O)NCC#N. The van der Waals surface area contributed by atoms with Gasteiger partial charge in [-0.15, -0.1) is 0 Å². The zero-order valence-electron chi connectivity index (χ0n) is 12.3. The van der Waals surface area contributed by atoms with Crippen LogP contribution < -0.4 is 15.4 Å². The summed E-state index contributed by atoms with van der Waals surface area (Å²) >= 11 is 3.43. The number of nitrogens with one attached hydrogen (secondary N) is 2. The summed E-state index contributed by atoms with van der Waals surface area (Å²) in [5.74, 6) is 0.931. The second kappa shape index (κ2) is 9.37. The number of amides is 1. The highest BCUT2D eigenvalue weighted by atomic mass is 79.9. The molecule has 0 spiro atoms. The standard InChI is InChI=1S/C15H20BrN3O2/c1-11(2)8-18-9-12-7-13(16)3-4-14(12)21-10-15(20)19-6-5-17/h3-4,7,11,18H,6,8-10H2,1-2H3,(H,19,20). The molecule has 0 aliphatic carbocycles. The van der Waals surface area contributed by atoms with E-state index in [1.807, 2.05) is 24.3 Å². The number of nitriles is 1. The summed E-state index contributed by atoms with van der Waals surface area (Å²) in [6, 6.07) is 7.52. The van der Waals surface area contributed by atoms with Crippen LogP contribution in [0.15, 0.2) is 22.7 Å². The first kappa shape index (κ1) is 17.5. The lowest BCUT2D eigenvalue weighted by Gasteiger charge is -2.13. The zero-order chi connectivity index (χ0) is 15.7. The first-order chi connectivity index (χ1) is 10.0. The highest BCUT2D eigenvalue weighted by molar-refractivity contribution is 9.10. The number of carbonyl (C=O) groups is 1. The average molecular weight is 354 g/mol. The lowest BCUT2D eigenvalue weighted by molar-refractivity contribution is -0.122. The number of hydrogen-bond donors (Lipinski definition) is 2. The second-order valence-corrected chi connectivity index (χ2v) is 5.92. The molecule has 0 radical (unpaired) electrons. The molecular weight excluding hydrogens is 334 g/mol. The smallest absolute Gasteiger partial charge is 0.258 e. The van der Waals surface area contributed by atoms with Gasteiger partial charge in [0.05, 0.1) is 6.07 Å². The van der Waals surface area contributed by atoms with E-state index in [-0.39, 0.29) is 19.1 Å². The molecule has 1 aromatic carbocycles. The van der Waals surface area contributed by atoms with Crippen LogP contribution in [0.4, 0.5) is 0 Å². The van der Waals surface area contributed by atoms with Crippen molar-refractivity contribution in [3.8, 4) is 11.8 Å². The predicted octanol–water partition coefficient (Wildman–Crippen LogP) is 2.21. The maximum Gasteiger partial charge on any atom is 0.258 e. The van der Waals surface area contributed by atoms with E-state index >= 15 is 0 Å². The summed E-state index contributed by atoms with van der Waals surface area (Å²) in [4.78, 5) is 11.4. The normalized spacial score (nSPS) is 10.2. The van der Waals surface area contributed by atoms with Gasteiger partial charge in [0, 0.05) is 16.6 Å². The first-order valence-electron chi connectivity index (χ1n) is 6.78. The number of hydrogen-bond acceptors (Lipinski definition) is 4. The molecule has 1 rings (SSSR count). The summed E-state index contributed by atoms with van der Waals surface area (Å²) in [5.41, 5.74) is 0.984. The van der Waals surface area contributed by atoms with Gasteiger partial charge in [0.15, 0.2) is 6.61 Å². The minimum absolute atomic E-state index is 0.00860. The van der Waals surface area contributed by atoms with E-state index in [1.165, 1.54) is 0 Å². The fourth-order valence-electron chi connectivity index (χ4n) is 1.65. The van der Waals surface area contributed by atoms with Crippen molar-refractivity contribution in [1.82, 2.24) is 10.6 Å². The average Bonchev–Trinajstić information content (AvgIpc) is 2.43. The van der Waals surface area contributed by atoms with Gasteiger partial charge in [-0.2, -0.15) is 5.26 Å². The monoisotopic (exact) mass is 353 g/mol. The number of benzene rings is 1. The lowest BCUT2D eigenvalue weighted by atomic mass is 10.2. The van der Waals surface area contributed by atoms with E-state index in [0.29, 0.717) is 18.2 Å². The summed E-state index contributed by atoms with van der Waals surface area (Å²) in [6.07, 6.45) is 0. The van der Waals surface area contributed by atoms with Crippen molar-refractivity contribution in [2.45, 2.75) is 20.4 Å². The Morgan fingerprint density at radius 1 is 1.48 bits per heavy atom. The van der Waals surface area contributed by atoms with Crippen molar-refractivity contribution in [3.63, 3.8) is 0 Å². The molecule has 6 heteroatoms. The lowest BCUT2D eigenvalue weighted by Crippen LogP contribution is -2.29. The largest absolute Gasteiger partial charge is 0.483 e. The van der Waals surface area contributed by atoms with Crippen LogP contribution in [0.5, 0.6) is 5.75 Å². The Morgan fingerprint density at radius 3 is 2.90 bits per heavy atom. The molecule has 0 heterocycles. The Kier molecular flexibility index (Phi) is 7.80. The van der Waals surface area contributed by atoms with Crippen LogP contribution in [-0.2, 0) is 11.3 Å². The molecule has 1 amide bonds. The van der Waals surface area contributed by atoms with Gasteiger partial charge in [0.2, 0.25) is 0 Å². The number of nitrogens with zero attached hydrogens (tertiary/aromatic N) is 1. The Hall–Kier alpha value is -1.58. The third kappa shape index (κ3) is 7.11. The fourth-order valence-corrected chi connectivity index (χ4v) is 2.06. The van der Waals surface area contributed by atoms with Crippen LogP contribution in [0.2, 0.25) is 0 Å². The topological polar surface area (TPSA) is 74.2 Å². The summed E-state index contributed by atoms with van der Waals surface area (Å²) < 4.78 is 6.49. The first-order valence-corrected chi connectivity index (χ1v) is 7.57. The molecule has 0 saturated carbocycles. The molecule has 0 bridgehead atoms. The van der Waals surface area contributed by atoms with Gasteiger partial charge in [0.25, 0.3) is 5.91 Å². The maximum absolute atomic E-state index is 11.4. The summed E-state index contributed by atoms with van der Waals surface area (Å²) in [5, 5.41) is 14.2. The van der Waals surface area contributed by atoms with Crippen LogP contribution in [-0.4, -0.2) is 25.6 Å². The van der Waals surface area contributed by atoms with Gasteiger partial charge < -0.3 is 15.4 Å². The Bertz CT molecular complexity index is 512. The number of carbonyl (C=O) groups excluding carboxylic acids is 1. The van der Waals surface area contributed by atoms with Crippen molar-refractivity contribution in [3.05, 3.63) is 28.2 Å². The molecule has 0 saturated heterocycles. The van der Waals surface area contributed by atoms with Crippen LogP contribution in [0.3, 0.4) is 0 Å². The molecule has 5 nitrogen and oxygen atoms in total. The molecule has 114 valence electrons. The van der Waals surface area contributed by atoms with Gasteiger partial charge in [-0.25, -0.2) is 0 Å². The fraction of sp³-hybridized carbons (Fsp3) is 0.467. The molecule has 21 heavy (non-hydrogen) atoms. The van der Waals surface area contributed by atoms with Gasteiger partial charge in [0.1, 0.15) is 12.3 Å². The third-order valence-electron chi connectivity index (χ3n) is 2.61. The van der Waals surface area contributed by atoms with Crippen molar-refractivity contribution >= 4 is 21.8 Å². The molecule has 0 fully saturated rings. The molecule has 0 aliphatic heterocycles. The molecular formula is C15H20BrN3O2. The van der Waals surface area contributed by atoms with Crippen molar-refractivity contribution in [1.29, 1.82) is 5.26 Å². The van der Waals surface area contributed by atoms with Crippen LogP contribution in [0.25, 0.3) is 0 Å². The summed E-state index contributed by atoms with van der Waals surface area (Å²) in [7, 11) is 0. The van der Waals surface area contributed by atoms with Gasteiger partial charge in [-0.1, -0.05) is 29.8 Å². The maximum atomic E-state index is 11.4. The highest BCUT2D eigenvalue weighted by Gasteiger charge is 2.08.